The molecule has 0 atom stereocenters. The Morgan fingerprint density at radius 1 is 0.412 bits per heavy atom. The third-order valence-corrected chi connectivity index (χ3v) is 11.0. The highest BCUT2D eigenvalue weighted by Crippen LogP contribution is 2.54. The Morgan fingerprint density at radius 2 is 0.922 bits per heavy atom. The Morgan fingerprint density at radius 3 is 1.59 bits per heavy atom. The number of fused-ring (bicyclic) bond motifs is 8. The van der Waals surface area contributed by atoms with Crippen LogP contribution in [0.25, 0.3) is 60.5 Å². The van der Waals surface area contributed by atoms with Gasteiger partial charge in [0.15, 0.2) is 0 Å². The fourth-order valence-corrected chi connectivity index (χ4v) is 8.52. The molecule has 0 amide bonds. The first-order valence-electron chi connectivity index (χ1n) is 17.8. The van der Waals surface area contributed by atoms with Crippen molar-refractivity contribution < 1.29 is 0 Å². The van der Waals surface area contributed by atoms with Gasteiger partial charge in [-0.25, -0.2) is 0 Å². The van der Waals surface area contributed by atoms with Crippen molar-refractivity contribution in [1.82, 2.24) is 4.57 Å². The van der Waals surface area contributed by atoms with Crippen molar-refractivity contribution >= 4 is 49.6 Å². The molecule has 9 aromatic rings. The van der Waals surface area contributed by atoms with Crippen molar-refractivity contribution in [3.63, 3.8) is 0 Å². The molecule has 0 saturated carbocycles. The van der Waals surface area contributed by atoms with Crippen LogP contribution in [0.2, 0.25) is 0 Å². The highest BCUT2D eigenvalue weighted by atomic mass is 15.1. The number of benzene rings is 8. The molecule has 1 heterocycles. The largest absolute Gasteiger partial charge is 0.310 e. The van der Waals surface area contributed by atoms with Gasteiger partial charge in [-0.15, -0.1) is 0 Å². The molecule has 0 N–H and O–H groups in total. The van der Waals surface area contributed by atoms with E-state index in [2.05, 4.69) is 205 Å². The standard InChI is InChI=1S/C49H36N2/c1-49(2)43-31-37(50(35-17-7-4-8-18-35)36-27-25-34(26-28-36)33-15-5-3-6-16-33)29-30-42(43)48-41-22-10-9-21-40(41)47(32-44(48)49)51-45-23-13-11-19-38(45)39-20-12-14-24-46(39)51/h3-32H,1-2H3. The zero-order valence-corrected chi connectivity index (χ0v) is 28.7. The number of nitrogens with zero attached hydrogens (tertiary/aromatic N) is 2. The molecule has 1 aliphatic rings. The van der Waals surface area contributed by atoms with E-state index < -0.39 is 0 Å². The number of rotatable bonds is 5. The van der Waals surface area contributed by atoms with Crippen LogP contribution < -0.4 is 4.90 Å². The van der Waals surface area contributed by atoms with Gasteiger partial charge in [0.2, 0.25) is 0 Å². The smallest absolute Gasteiger partial charge is 0.0544 e. The monoisotopic (exact) mass is 652 g/mol. The number of para-hydroxylation sites is 3. The van der Waals surface area contributed by atoms with E-state index in [9.17, 15) is 0 Å². The van der Waals surface area contributed by atoms with Crippen LogP contribution in [-0.2, 0) is 5.41 Å². The molecule has 0 radical (unpaired) electrons. The number of anilines is 3. The molecule has 0 saturated heterocycles. The average Bonchev–Trinajstić information content (AvgIpc) is 3.64. The van der Waals surface area contributed by atoms with Gasteiger partial charge in [0.05, 0.1) is 16.7 Å². The summed E-state index contributed by atoms with van der Waals surface area (Å²) < 4.78 is 2.48. The van der Waals surface area contributed by atoms with Crippen molar-refractivity contribution in [2.24, 2.45) is 0 Å². The maximum absolute atomic E-state index is 2.48. The van der Waals surface area contributed by atoms with Crippen LogP contribution in [0.3, 0.4) is 0 Å². The summed E-state index contributed by atoms with van der Waals surface area (Å²) in [6, 6.07) is 66.4. The molecule has 0 spiro atoms. The van der Waals surface area contributed by atoms with Gasteiger partial charge in [0.1, 0.15) is 0 Å². The summed E-state index contributed by atoms with van der Waals surface area (Å²) in [4.78, 5) is 2.38. The van der Waals surface area contributed by atoms with Gasteiger partial charge in [-0.3, -0.25) is 0 Å². The second-order valence-electron chi connectivity index (χ2n) is 14.2. The lowest BCUT2D eigenvalue weighted by molar-refractivity contribution is 0.660. The van der Waals surface area contributed by atoms with Crippen molar-refractivity contribution in [1.29, 1.82) is 0 Å². The summed E-state index contributed by atoms with van der Waals surface area (Å²) in [5.74, 6) is 0. The Balaban J connectivity index is 1.16. The Bertz CT molecular complexity index is 2700. The van der Waals surface area contributed by atoms with Crippen LogP contribution in [0.5, 0.6) is 0 Å². The highest BCUT2D eigenvalue weighted by molar-refractivity contribution is 6.12. The molecule has 0 unspecified atom stereocenters. The second-order valence-corrected chi connectivity index (χ2v) is 14.2. The minimum absolute atomic E-state index is 0.224. The molecule has 2 heteroatoms. The Hall–Kier alpha value is -6.38. The quantitative estimate of drug-likeness (QED) is 0.180. The van der Waals surface area contributed by atoms with Crippen LogP contribution in [0, 0.1) is 0 Å². The summed E-state index contributed by atoms with van der Waals surface area (Å²) >= 11 is 0. The first-order chi connectivity index (χ1) is 25.1. The van der Waals surface area contributed by atoms with Crippen molar-refractivity contribution in [2.75, 3.05) is 4.90 Å². The van der Waals surface area contributed by atoms with E-state index in [0.717, 1.165) is 17.1 Å². The van der Waals surface area contributed by atoms with E-state index in [4.69, 9.17) is 0 Å². The van der Waals surface area contributed by atoms with Crippen LogP contribution >= 0.6 is 0 Å². The molecule has 10 rings (SSSR count). The minimum atomic E-state index is -0.224. The molecule has 0 bridgehead atoms. The molecule has 242 valence electrons. The predicted molar refractivity (Wildman–Crippen MR) is 216 cm³/mol. The van der Waals surface area contributed by atoms with E-state index >= 15 is 0 Å². The summed E-state index contributed by atoms with van der Waals surface area (Å²) in [6.07, 6.45) is 0. The molecule has 51 heavy (non-hydrogen) atoms. The maximum Gasteiger partial charge on any atom is 0.0544 e. The molecule has 0 aliphatic heterocycles. The van der Waals surface area contributed by atoms with Crippen molar-refractivity contribution in [2.45, 2.75) is 19.3 Å². The van der Waals surface area contributed by atoms with Gasteiger partial charge in [0, 0.05) is 38.6 Å². The van der Waals surface area contributed by atoms with Crippen molar-refractivity contribution in [3.8, 4) is 27.9 Å². The molecule has 2 nitrogen and oxygen atoms in total. The maximum atomic E-state index is 2.48. The first-order valence-corrected chi connectivity index (χ1v) is 17.8. The van der Waals surface area contributed by atoms with Crippen LogP contribution in [-0.4, -0.2) is 4.57 Å². The summed E-state index contributed by atoms with van der Waals surface area (Å²) in [5.41, 5.74) is 14.7. The van der Waals surface area contributed by atoms with E-state index in [-0.39, 0.29) is 5.41 Å². The SMILES string of the molecule is CC1(C)c2cc(N(c3ccccc3)c3ccc(-c4ccccc4)cc3)ccc2-c2c1cc(-n1c3ccccc3c3ccccc31)c1ccccc21. The Kier molecular flexibility index (Phi) is 6.56. The molecule has 1 aromatic heterocycles. The minimum Gasteiger partial charge on any atom is -0.310 e. The molecular formula is C49H36N2. The number of hydrogen-bond donors (Lipinski definition) is 0. The third kappa shape index (κ3) is 4.50. The van der Waals surface area contributed by atoms with Crippen molar-refractivity contribution in [3.05, 3.63) is 193 Å². The summed E-state index contributed by atoms with van der Waals surface area (Å²) in [7, 11) is 0. The molecule has 1 aliphatic carbocycles. The molecule has 8 aromatic carbocycles. The molecular weight excluding hydrogens is 617 g/mol. The van der Waals surface area contributed by atoms with Crippen LogP contribution in [0.4, 0.5) is 17.1 Å². The first kappa shape index (κ1) is 29.5. The van der Waals surface area contributed by atoms with E-state index in [0.29, 0.717) is 0 Å². The fraction of sp³-hybridized carbons (Fsp3) is 0.0612. The van der Waals surface area contributed by atoms with Crippen LogP contribution in [0.1, 0.15) is 25.0 Å². The van der Waals surface area contributed by atoms with Gasteiger partial charge in [-0.2, -0.15) is 0 Å². The third-order valence-electron chi connectivity index (χ3n) is 11.0. The zero-order chi connectivity index (χ0) is 34.1. The van der Waals surface area contributed by atoms with Gasteiger partial charge in [-0.1, -0.05) is 141 Å². The van der Waals surface area contributed by atoms with Gasteiger partial charge in [0.25, 0.3) is 0 Å². The lowest BCUT2D eigenvalue weighted by Gasteiger charge is -2.28. The van der Waals surface area contributed by atoms with Crippen LogP contribution in [0.15, 0.2) is 182 Å². The number of aromatic nitrogens is 1. The normalized spacial score (nSPS) is 13.1. The zero-order valence-electron chi connectivity index (χ0n) is 28.7. The summed E-state index contributed by atoms with van der Waals surface area (Å²) in [5, 5.41) is 5.12. The molecule has 0 fully saturated rings. The van der Waals surface area contributed by atoms with E-state index in [1.165, 1.54) is 71.6 Å². The highest BCUT2D eigenvalue weighted by Gasteiger charge is 2.38. The Labute approximate surface area is 298 Å². The van der Waals surface area contributed by atoms with E-state index in [1.807, 2.05) is 0 Å². The second kappa shape index (κ2) is 11.3. The lowest BCUT2D eigenvalue weighted by Crippen LogP contribution is -2.17. The fourth-order valence-electron chi connectivity index (χ4n) is 8.52. The summed E-state index contributed by atoms with van der Waals surface area (Å²) in [6.45, 7) is 4.79. The average molecular weight is 653 g/mol. The van der Waals surface area contributed by atoms with Gasteiger partial charge >= 0.3 is 0 Å². The van der Waals surface area contributed by atoms with Gasteiger partial charge < -0.3 is 9.47 Å². The topological polar surface area (TPSA) is 8.17 Å². The van der Waals surface area contributed by atoms with Gasteiger partial charge in [-0.05, 0) is 93.4 Å². The van der Waals surface area contributed by atoms with E-state index in [1.54, 1.807) is 0 Å². The number of hydrogen-bond acceptors (Lipinski definition) is 1. The predicted octanol–water partition coefficient (Wildman–Crippen LogP) is 13.4. The lowest BCUT2D eigenvalue weighted by atomic mass is 9.81.